The number of aryl methyl sites for hydroxylation is 2. The van der Waals surface area contributed by atoms with E-state index in [-0.39, 0.29) is 11.7 Å². The van der Waals surface area contributed by atoms with Crippen LogP contribution < -0.4 is 5.32 Å². The molecule has 0 saturated carbocycles. The summed E-state index contributed by atoms with van der Waals surface area (Å²) in [7, 11) is 0. The average Bonchev–Trinajstić information content (AvgIpc) is 2.54. The Hall–Kier alpha value is -1.81. The lowest BCUT2D eigenvalue weighted by Crippen LogP contribution is -2.26. The lowest BCUT2D eigenvalue weighted by molar-refractivity contribution is -0.118. The van der Waals surface area contributed by atoms with Gasteiger partial charge in [-0.2, -0.15) is 0 Å². The van der Waals surface area contributed by atoms with E-state index in [4.69, 9.17) is 0 Å². The molecule has 122 valence electrons. The van der Waals surface area contributed by atoms with Gasteiger partial charge in [-0.3, -0.25) is 4.79 Å². The fourth-order valence-electron chi connectivity index (χ4n) is 2.28. The summed E-state index contributed by atoms with van der Waals surface area (Å²) >= 11 is 1.54. The van der Waals surface area contributed by atoms with Crippen LogP contribution >= 0.6 is 11.8 Å². The highest BCUT2D eigenvalue weighted by Crippen LogP contribution is 2.12. The van der Waals surface area contributed by atoms with Gasteiger partial charge in [0.05, 0.1) is 5.75 Å². The summed E-state index contributed by atoms with van der Waals surface area (Å²) in [5.74, 6) is 0.977. The molecule has 0 atom stereocenters. The summed E-state index contributed by atoms with van der Waals surface area (Å²) in [6.07, 6.45) is 1.92. The van der Waals surface area contributed by atoms with Crippen LogP contribution in [0.1, 0.15) is 23.1 Å². The lowest BCUT2D eigenvalue weighted by Gasteiger charge is -2.06. The quantitative estimate of drug-likeness (QED) is 0.737. The van der Waals surface area contributed by atoms with Gasteiger partial charge in [0.25, 0.3) is 0 Å². The van der Waals surface area contributed by atoms with Crippen molar-refractivity contribution in [1.29, 1.82) is 0 Å². The molecule has 0 aliphatic carbocycles. The van der Waals surface area contributed by atoms with E-state index in [1.54, 1.807) is 23.9 Å². The van der Waals surface area contributed by atoms with E-state index in [2.05, 4.69) is 36.5 Å². The first-order chi connectivity index (χ1) is 11.1. The number of amides is 1. The van der Waals surface area contributed by atoms with E-state index in [9.17, 15) is 9.18 Å². The molecule has 1 amide bonds. The number of thioether (sulfide) groups is 1. The van der Waals surface area contributed by atoms with Crippen LogP contribution in [0.3, 0.4) is 0 Å². The zero-order valence-corrected chi connectivity index (χ0v) is 14.2. The molecule has 4 heteroatoms. The molecule has 2 aromatic carbocycles. The Morgan fingerprint density at radius 2 is 1.91 bits per heavy atom. The highest BCUT2D eigenvalue weighted by molar-refractivity contribution is 7.99. The summed E-state index contributed by atoms with van der Waals surface area (Å²) in [5.41, 5.74) is 3.61. The normalized spacial score (nSPS) is 10.5. The van der Waals surface area contributed by atoms with E-state index in [0.717, 1.165) is 24.2 Å². The molecular weight excluding hydrogens is 309 g/mol. The Labute approximate surface area is 141 Å². The minimum absolute atomic E-state index is 0.0568. The standard InChI is InChI=1S/C19H22FNOS/c1-15-4-2-5-16(12-15)6-3-11-21-19(22)14-23-13-17-7-9-18(20)10-8-17/h2,4-5,7-10,12H,3,6,11,13-14H2,1H3,(H,21,22). The van der Waals surface area contributed by atoms with Gasteiger partial charge >= 0.3 is 0 Å². The lowest BCUT2D eigenvalue weighted by atomic mass is 10.1. The summed E-state index contributed by atoms with van der Waals surface area (Å²) < 4.78 is 12.8. The van der Waals surface area contributed by atoms with Crippen LogP contribution in [-0.2, 0) is 17.0 Å². The van der Waals surface area contributed by atoms with Crippen molar-refractivity contribution in [1.82, 2.24) is 5.32 Å². The molecule has 1 N–H and O–H groups in total. The second-order valence-corrected chi connectivity index (χ2v) is 6.55. The van der Waals surface area contributed by atoms with Gasteiger partial charge in [-0.1, -0.05) is 42.0 Å². The smallest absolute Gasteiger partial charge is 0.230 e. The Balaban J connectivity index is 1.57. The van der Waals surface area contributed by atoms with E-state index in [1.807, 2.05) is 0 Å². The zero-order chi connectivity index (χ0) is 16.5. The third kappa shape index (κ3) is 6.87. The molecule has 0 fully saturated rings. The highest BCUT2D eigenvalue weighted by Gasteiger charge is 2.02. The number of hydrogen-bond acceptors (Lipinski definition) is 2. The Morgan fingerprint density at radius 3 is 2.65 bits per heavy atom. The number of rotatable bonds is 8. The number of nitrogens with one attached hydrogen (secondary N) is 1. The fraction of sp³-hybridized carbons (Fsp3) is 0.316. The predicted octanol–water partition coefficient (Wildman–Crippen LogP) is 4.12. The minimum Gasteiger partial charge on any atom is -0.355 e. The Morgan fingerprint density at radius 1 is 1.13 bits per heavy atom. The molecule has 0 radical (unpaired) electrons. The topological polar surface area (TPSA) is 29.1 Å². The van der Waals surface area contributed by atoms with Crippen molar-refractivity contribution in [3.8, 4) is 0 Å². The monoisotopic (exact) mass is 331 g/mol. The van der Waals surface area contributed by atoms with E-state index in [0.29, 0.717) is 12.3 Å². The highest BCUT2D eigenvalue weighted by atomic mass is 32.2. The number of carbonyl (C=O) groups is 1. The number of benzene rings is 2. The third-order valence-electron chi connectivity index (χ3n) is 3.46. The van der Waals surface area contributed by atoms with Gasteiger partial charge in [0, 0.05) is 12.3 Å². The first-order valence-electron chi connectivity index (χ1n) is 7.78. The van der Waals surface area contributed by atoms with Gasteiger partial charge in [0.15, 0.2) is 0 Å². The minimum atomic E-state index is -0.231. The Kier molecular flexibility index (Phi) is 7.14. The second kappa shape index (κ2) is 9.36. The molecule has 0 spiro atoms. The van der Waals surface area contributed by atoms with Crippen LogP contribution in [0, 0.1) is 12.7 Å². The van der Waals surface area contributed by atoms with E-state index >= 15 is 0 Å². The van der Waals surface area contributed by atoms with Crippen LogP contribution in [0.2, 0.25) is 0 Å². The molecule has 0 saturated heterocycles. The van der Waals surface area contributed by atoms with Gasteiger partial charge in [-0.15, -0.1) is 11.8 Å². The van der Waals surface area contributed by atoms with Gasteiger partial charge in [-0.25, -0.2) is 4.39 Å². The van der Waals surface area contributed by atoms with Crippen LogP contribution in [-0.4, -0.2) is 18.2 Å². The summed E-state index contributed by atoms with van der Waals surface area (Å²) in [5, 5.41) is 2.94. The molecule has 0 aliphatic rings. The first-order valence-corrected chi connectivity index (χ1v) is 8.93. The van der Waals surface area contributed by atoms with E-state index < -0.39 is 0 Å². The first kappa shape index (κ1) is 17.5. The largest absolute Gasteiger partial charge is 0.355 e. The zero-order valence-electron chi connectivity index (χ0n) is 13.3. The third-order valence-corrected chi connectivity index (χ3v) is 4.47. The molecule has 0 heterocycles. The summed E-state index contributed by atoms with van der Waals surface area (Å²) in [4.78, 5) is 11.8. The molecular formula is C19H22FNOS. The SMILES string of the molecule is Cc1cccc(CCCNC(=O)CSCc2ccc(F)cc2)c1. The van der Waals surface area contributed by atoms with Crippen LogP contribution in [0.5, 0.6) is 0 Å². The van der Waals surface area contributed by atoms with Gasteiger partial charge in [-0.05, 0) is 43.0 Å². The maximum absolute atomic E-state index is 12.8. The molecule has 2 rings (SSSR count). The van der Waals surface area contributed by atoms with Crippen molar-refractivity contribution >= 4 is 17.7 Å². The molecule has 0 aromatic heterocycles. The molecule has 0 unspecified atom stereocenters. The maximum Gasteiger partial charge on any atom is 0.230 e. The van der Waals surface area contributed by atoms with Crippen LogP contribution in [0.25, 0.3) is 0 Å². The van der Waals surface area contributed by atoms with Crippen molar-refractivity contribution in [3.63, 3.8) is 0 Å². The van der Waals surface area contributed by atoms with Crippen LogP contribution in [0.15, 0.2) is 48.5 Å². The number of halogens is 1. The van der Waals surface area contributed by atoms with Gasteiger partial charge in [0.2, 0.25) is 5.91 Å². The van der Waals surface area contributed by atoms with E-state index in [1.165, 1.54) is 23.3 Å². The number of carbonyl (C=O) groups excluding carboxylic acids is 1. The average molecular weight is 331 g/mol. The molecule has 23 heavy (non-hydrogen) atoms. The summed E-state index contributed by atoms with van der Waals surface area (Å²) in [6.45, 7) is 2.79. The molecule has 0 aliphatic heterocycles. The van der Waals surface area contributed by atoms with Crippen molar-refractivity contribution in [3.05, 3.63) is 71.0 Å². The predicted molar refractivity (Wildman–Crippen MR) is 95.1 cm³/mol. The summed E-state index contributed by atoms with van der Waals surface area (Å²) in [6, 6.07) is 14.8. The number of hydrogen-bond donors (Lipinski definition) is 1. The molecule has 2 nitrogen and oxygen atoms in total. The van der Waals surface area contributed by atoms with Crippen molar-refractivity contribution in [2.45, 2.75) is 25.5 Å². The molecule has 2 aromatic rings. The van der Waals surface area contributed by atoms with Crippen molar-refractivity contribution in [2.75, 3.05) is 12.3 Å². The van der Waals surface area contributed by atoms with Gasteiger partial charge < -0.3 is 5.32 Å². The van der Waals surface area contributed by atoms with Crippen LogP contribution in [0.4, 0.5) is 4.39 Å². The van der Waals surface area contributed by atoms with Crippen molar-refractivity contribution in [2.24, 2.45) is 0 Å². The Bertz CT molecular complexity index is 628. The maximum atomic E-state index is 12.8. The second-order valence-electron chi connectivity index (χ2n) is 5.56. The fourth-order valence-corrected chi connectivity index (χ4v) is 3.10. The van der Waals surface area contributed by atoms with Crippen molar-refractivity contribution < 1.29 is 9.18 Å². The molecule has 0 bridgehead atoms. The van der Waals surface area contributed by atoms with Gasteiger partial charge in [0.1, 0.15) is 5.82 Å².